The molecular formula is C28H36ClFN6O5S. The van der Waals surface area contributed by atoms with Gasteiger partial charge in [-0.2, -0.15) is 4.31 Å². The summed E-state index contributed by atoms with van der Waals surface area (Å²) in [6.07, 6.45) is 2.87. The van der Waals surface area contributed by atoms with Crippen molar-refractivity contribution >= 4 is 38.6 Å². The standard InChI is InChI=1S/C28H36ClFN6O5S/c1-14(2)35-20-10-15(9-18(30)24(20)33-26(35)28(3,4)38)23-17(29)12-31-27(34-23)32-19-11-22-36(21(13-41-22)25(19)37)42(39,40)16-7-5-6-8-16/h9-10,12,14,16,19,21-22,25,37-38H,5-8,11,13H2,1-4H3,(H,31,32,34)/t19-,21+,22-,25+/m1/s1. The Kier molecular flexibility index (Phi) is 7.51. The Morgan fingerprint density at radius 3 is 2.60 bits per heavy atom. The number of rotatable bonds is 7. The van der Waals surface area contributed by atoms with Gasteiger partial charge < -0.3 is 24.8 Å². The van der Waals surface area contributed by atoms with E-state index in [0.717, 1.165) is 12.8 Å². The van der Waals surface area contributed by atoms with Gasteiger partial charge in [0, 0.05) is 18.0 Å². The van der Waals surface area contributed by atoms with Gasteiger partial charge in [-0.1, -0.05) is 24.4 Å². The van der Waals surface area contributed by atoms with Gasteiger partial charge in [0.15, 0.2) is 5.82 Å². The van der Waals surface area contributed by atoms with Gasteiger partial charge in [0.2, 0.25) is 16.0 Å². The molecule has 1 aliphatic carbocycles. The fourth-order valence-corrected chi connectivity index (χ4v) is 9.03. The molecule has 11 nitrogen and oxygen atoms in total. The van der Waals surface area contributed by atoms with Crippen molar-refractivity contribution in [3.05, 3.63) is 35.0 Å². The smallest absolute Gasteiger partial charge is 0.223 e. The molecule has 2 bridgehead atoms. The Hall–Kier alpha value is -2.42. The van der Waals surface area contributed by atoms with Crippen LogP contribution < -0.4 is 5.32 Å². The highest BCUT2D eigenvalue weighted by atomic mass is 35.5. The summed E-state index contributed by atoms with van der Waals surface area (Å²) in [6.45, 7) is 7.16. The number of imidazole rings is 1. The first-order valence-corrected chi connectivity index (χ1v) is 16.2. The third kappa shape index (κ3) is 4.97. The van der Waals surface area contributed by atoms with E-state index in [9.17, 15) is 18.6 Å². The van der Waals surface area contributed by atoms with Crippen LogP contribution >= 0.6 is 11.6 Å². The third-order valence-electron chi connectivity index (χ3n) is 8.49. The van der Waals surface area contributed by atoms with Gasteiger partial charge in [-0.15, -0.1) is 0 Å². The number of hydrogen-bond donors (Lipinski definition) is 3. The minimum absolute atomic E-state index is 0.109. The molecule has 6 rings (SSSR count). The SMILES string of the molecule is CC(C)n1c(C(C)(C)O)nc2c(F)cc(-c3nc(N[C@@H]4C[C@H]5OC[C@@H]([C@H]4O)N5S(=O)(=O)C4CCCC4)ncc3Cl)cc21. The zero-order chi connectivity index (χ0) is 30.1. The highest BCUT2D eigenvalue weighted by molar-refractivity contribution is 7.89. The summed E-state index contributed by atoms with van der Waals surface area (Å²) in [5, 5.41) is 24.8. The lowest BCUT2D eigenvalue weighted by atomic mass is 9.97. The van der Waals surface area contributed by atoms with Crippen LogP contribution in [0.15, 0.2) is 18.3 Å². The van der Waals surface area contributed by atoms with E-state index in [4.69, 9.17) is 16.3 Å². The van der Waals surface area contributed by atoms with Crippen LogP contribution in [0.2, 0.25) is 5.02 Å². The Labute approximate surface area is 249 Å². The average Bonchev–Trinajstić information content (AvgIpc) is 3.66. The molecule has 4 heterocycles. The molecule has 3 aromatic rings. The molecule has 1 aromatic carbocycles. The lowest BCUT2D eigenvalue weighted by molar-refractivity contribution is 0.0124. The number of hydrogen-bond acceptors (Lipinski definition) is 9. The Balaban J connectivity index is 1.30. The Morgan fingerprint density at radius 1 is 1.21 bits per heavy atom. The summed E-state index contributed by atoms with van der Waals surface area (Å²) >= 11 is 6.49. The molecule has 3 N–H and O–H groups in total. The normalized spacial score (nSPS) is 25.6. The molecule has 0 radical (unpaired) electrons. The zero-order valence-electron chi connectivity index (χ0n) is 24.0. The quantitative estimate of drug-likeness (QED) is 0.357. The Bertz CT molecular complexity index is 1620. The number of piperidine rings is 1. The number of fused-ring (bicyclic) bond motifs is 3. The molecule has 0 amide bonds. The number of halogens is 2. The van der Waals surface area contributed by atoms with Gasteiger partial charge in [0.05, 0.1) is 52.5 Å². The summed E-state index contributed by atoms with van der Waals surface area (Å²) in [7, 11) is -3.60. The maximum atomic E-state index is 15.4. The van der Waals surface area contributed by atoms with Gasteiger partial charge in [0.1, 0.15) is 23.2 Å². The molecule has 228 valence electrons. The van der Waals surface area contributed by atoms with Crippen molar-refractivity contribution in [3.8, 4) is 11.3 Å². The summed E-state index contributed by atoms with van der Waals surface area (Å²) in [4.78, 5) is 13.3. The molecule has 0 unspecified atom stereocenters. The lowest BCUT2D eigenvalue weighted by Gasteiger charge is -2.40. The minimum atomic E-state index is -3.60. The summed E-state index contributed by atoms with van der Waals surface area (Å²) < 4.78 is 51.1. The number of ether oxygens (including phenoxy) is 1. The second-order valence-corrected chi connectivity index (χ2v) is 14.8. The third-order valence-corrected chi connectivity index (χ3v) is 11.2. The molecule has 1 saturated carbocycles. The van der Waals surface area contributed by atoms with Crippen LogP contribution in [0.5, 0.6) is 0 Å². The van der Waals surface area contributed by atoms with Crippen molar-refractivity contribution in [2.45, 2.75) is 101 Å². The molecule has 42 heavy (non-hydrogen) atoms. The lowest BCUT2D eigenvalue weighted by Crippen LogP contribution is -2.60. The zero-order valence-corrected chi connectivity index (χ0v) is 25.5. The first-order valence-electron chi connectivity index (χ1n) is 14.3. The molecular weight excluding hydrogens is 587 g/mol. The van der Waals surface area contributed by atoms with E-state index in [2.05, 4.69) is 20.3 Å². The molecule has 3 fully saturated rings. The van der Waals surface area contributed by atoms with E-state index < -0.39 is 51.1 Å². The number of nitrogens with one attached hydrogen (secondary N) is 1. The molecule has 2 saturated heterocycles. The van der Waals surface area contributed by atoms with E-state index in [-0.39, 0.29) is 41.3 Å². The van der Waals surface area contributed by atoms with E-state index in [0.29, 0.717) is 29.7 Å². The average molecular weight is 623 g/mol. The van der Waals surface area contributed by atoms with Crippen LogP contribution in [0.3, 0.4) is 0 Å². The molecule has 2 aliphatic heterocycles. The Morgan fingerprint density at radius 2 is 1.93 bits per heavy atom. The van der Waals surface area contributed by atoms with Gasteiger partial charge in [0.25, 0.3) is 0 Å². The van der Waals surface area contributed by atoms with Crippen molar-refractivity contribution in [2.24, 2.45) is 0 Å². The molecule has 2 aromatic heterocycles. The highest BCUT2D eigenvalue weighted by Crippen LogP contribution is 2.39. The van der Waals surface area contributed by atoms with Crippen LogP contribution in [0.1, 0.15) is 71.7 Å². The second kappa shape index (κ2) is 10.6. The van der Waals surface area contributed by atoms with Gasteiger partial charge in [-0.05, 0) is 52.7 Å². The van der Waals surface area contributed by atoms with Crippen LogP contribution in [-0.2, 0) is 20.4 Å². The largest absolute Gasteiger partial charge is 0.389 e. The fourth-order valence-electron chi connectivity index (χ4n) is 6.52. The van der Waals surface area contributed by atoms with Crippen molar-refractivity contribution in [2.75, 3.05) is 11.9 Å². The number of aromatic nitrogens is 4. The van der Waals surface area contributed by atoms with Gasteiger partial charge >= 0.3 is 0 Å². The van der Waals surface area contributed by atoms with Gasteiger partial charge in [-0.25, -0.2) is 27.8 Å². The van der Waals surface area contributed by atoms with Crippen molar-refractivity contribution in [1.82, 2.24) is 23.8 Å². The molecule has 4 atom stereocenters. The predicted octanol–water partition coefficient (Wildman–Crippen LogP) is 3.94. The topological polar surface area (TPSA) is 143 Å². The summed E-state index contributed by atoms with van der Waals surface area (Å²) in [5.41, 5.74) is -0.0188. The van der Waals surface area contributed by atoms with Crippen LogP contribution in [0.4, 0.5) is 10.3 Å². The number of benzene rings is 1. The number of aliphatic hydroxyl groups excluding tert-OH is 1. The van der Waals surface area contributed by atoms with E-state index in [1.807, 2.05) is 13.8 Å². The summed E-state index contributed by atoms with van der Waals surface area (Å²) in [5.74, 6) is -0.0941. The number of aliphatic hydroxyl groups is 2. The second-order valence-electron chi connectivity index (χ2n) is 12.3. The monoisotopic (exact) mass is 622 g/mol. The number of nitrogens with zero attached hydrogens (tertiary/aromatic N) is 5. The van der Waals surface area contributed by atoms with Crippen LogP contribution in [0, 0.1) is 5.82 Å². The molecule has 0 spiro atoms. The predicted molar refractivity (Wildman–Crippen MR) is 156 cm³/mol. The maximum Gasteiger partial charge on any atom is 0.223 e. The fraction of sp³-hybridized carbons (Fsp3) is 0.607. The van der Waals surface area contributed by atoms with Crippen LogP contribution in [0.25, 0.3) is 22.3 Å². The van der Waals surface area contributed by atoms with Crippen LogP contribution in [-0.4, -0.2) is 78.7 Å². The first kappa shape index (κ1) is 29.6. The van der Waals surface area contributed by atoms with Gasteiger partial charge in [-0.3, -0.25) is 0 Å². The molecule has 3 aliphatic rings. The number of sulfonamides is 1. The van der Waals surface area contributed by atoms with E-state index in [1.54, 1.807) is 24.5 Å². The highest BCUT2D eigenvalue weighted by Gasteiger charge is 2.54. The summed E-state index contributed by atoms with van der Waals surface area (Å²) in [6, 6.07) is 1.61. The van der Waals surface area contributed by atoms with E-state index >= 15 is 4.39 Å². The number of anilines is 1. The van der Waals surface area contributed by atoms with Crippen molar-refractivity contribution < 1.29 is 27.8 Å². The van der Waals surface area contributed by atoms with Crippen molar-refractivity contribution in [1.29, 1.82) is 0 Å². The molecule has 14 heteroatoms. The maximum absolute atomic E-state index is 15.4. The van der Waals surface area contributed by atoms with E-state index in [1.165, 1.54) is 16.6 Å². The van der Waals surface area contributed by atoms with Crippen molar-refractivity contribution in [3.63, 3.8) is 0 Å². The minimum Gasteiger partial charge on any atom is -0.389 e. The first-order chi connectivity index (χ1) is 19.8.